The van der Waals surface area contributed by atoms with Crippen LogP contribution in [0.1, 0.15) is 35.0 Å². The Morgan fingerprint density at radius 3 is 2.86 bits per heavy atom. The number of para-hydroxylation sites is 1. The minimum Gasteiger partial charge on any atom is -0.462 e. The van der Waals surface area contributed by atoms with Crippen LogP contribution in [0.2, 0.25) is 0 Å². The van der Waals surface area contributed by atoms with Gasteiger partial charge < -0.3 is 14.8 Å². The Morgan fingerprint density at radius 2 is 2.14 bits per heavy atom. The number of rotatable bonds is 9. The minimum atomic E-state index is -0.437. The maximum atomic E-state index is 12.7. The summed E-state index contributed by atoms with van der Waals surface area (Å²) in [4.78, 5) is 28.1. The molecule has 150 valence electrons. The first kappa shape index (κ1) is 20.5. The number of nitrogens with zero attached hydrogens (tertiary/aromatic N) is 1. The summed E-state index contributed by atoms with van der Waals surface area (Å²) in [6.07, 6.45) is 2.25. The topological polar surface area (TPSA) is 67.9 Å². The summed E-state index contributed by atoms with van der Waals surface area (Å²) in [5.74, 6) is -0.598. The predicted molar refractivity (Wildman–Crippen MR) is 110 cm³/mol. The van der Waals surface area contributed by atoms with E-state index in [1.165, 1.54) is 4.88 Å². The number of benzene rings is 1. The number of nitrogens with one attached hydrogen (secondary N) is 1. The molecule has 6 nitrogen and oxygen atoms in total. The Bertz CT molecular complexity index is 772. The molecule has 0 bridgehead atoms. The Hall–Kier alpha value is -2.22. The molecule has 1 aromatic heterocycles. The molecule has 7 heteroatoms. The SMILES string of the molecule is CCOC(=O)c1ccccc1NC(=O)CN(Cc1cccs1)C[C@@H]1CCCO1. The van der Waals surface area contributed by atoms with E-state index in [2.05, 4.69) is 16.3 Å². The first-order valence-electron chi connectivity index (χ1n) is 9.58. The van der Waals surface area contributed by atoms with Gasteiger partial charge in [-0.2, -0.15) is 0 Å². The smallest absolute Gasteiger partial charge is 0.340 e. The molecule has 0 saturated carbocycles. The molecule has 1 saturated heterocycles. The molecule has 3 rings (SSSR count). The van der Waals surface area contributed by atoms with Crippen molar-refractivity contribution in [2.75, 3.05) is 31.6 Å². The lowest BCUT2D eigenvalue weighted by atomic mass is 10.1. The summed E-state index contributed by atoms with van der Waals surface area (Å²) in [5.41, 5.74) is 0.834. The van der Waals surface area contributed by atoms with Crippen molar-refractivity contribution in [3.63, 3.8) is 0 Å². The zero-order valence-electron chi connectivity index (χ0n) is 16.1. The van der Waals surface area contributed by atoms with Gasteiger partial charge in [-0.3, -0.25) is 9.69 Å². The number of anilines is 1. The van der Waals surface area contributed by atoms with Crippen LogP contribution >= 0.6 is 11.3 Å². The number of esters is 1. The van der Waals surface area contributed by atoms with Crippen molar-refractivity contribution < 1.29 is 19.1 Å². The van der Waals surface area contributed by atoms with E-state index in [0.29, 0.717) is 24.3 Å². The van der Waals surface area contributed by atoms with Gasteiger partial charge in [0.2, 0.25) is 5.91 Å². The number of carbonyl (C=O) groups excluding carboxylic acids is 2. The third kappa shape index (κ3) is 5.89. The van der Waals surface area contributed by atoms with Gasteiger partial charge in [-0.05, 0) is 43.3 Å². The van der Waals surface area contributed by atoms with Gasteiger partial charge in [0.15, 0.2) is 0 Å². The Morgan fingerprint density at radius 1 is 1.29 bits per heavy atom. The van der Waals surface area contributed by atoms with E-state index in [1.54, 1.807) is 42.5 Å². The van der Waals surface area contributed by atoms with Crippen LogP contribution in [0.25, 0.3) is 0 Å². The molecule has 0 aliphatic carbocycles. The highest BCUT2D eigenvalue weighted by molar-refractivity contribution is 7.09. The number of hydrogen-bond acceptors (Lipinski definition) is 6. The van der Waals surface area contributed by atoms with Crippen molar-refractivity contribution in [2.24, 2.45) is 0 Å². The Balaban J connectivity index is 1.65. The molecule has 28 heavy (non-hydrogen) atoms. The van der Waals surface area contributed by atoms with E-state index in [9.17, 15) is 9.59 Å². The normalized spacial score (nSPS) is 16.3. The molecule has 1 amide bonds. The monoisotopic (exact) mass is 402 g/mol. The van der Waals surface area contributed by atoms with Crippen LogP contribution in [0.15, 0.2) is 41.8 Å². The summed E-state index contributed by atoms with van der Waals surface area (Å²) in [7, 11) is 0. The van der Waals surface area contributed by atoms with E-state index in [1.807, 2.05) is 11.4 Å². The molecule has 0 radical (unpaired) electrons. The molecule has 2 aromatic rings. The van der Waals surface area contributed by atoms with Gasteiger partial charge in [-0.1, -0.05) is 18.2 Å². The Kier molecular flexibility index (Phi) is 7.59. The molecular formula is C21H26N2O4S. The highest BCUT2D eigenvalue weighted by Gasteiger charge is 2.22. The van der Waals surface area contributed by atoms with Gasteiger partial charge in [-0.15, -0.1) is 11.3 Å². The van der Waals surface area contributed by atoms with Crippen molar-refractivity contribution in [1.29, 1.82) is 0 Å². The van der Waals surface area contributed by atoms with Crippen LogP contribution < -0.4 is 5.32 Å². The Labute approximate surface area is 169 Å². The van der Waals surface area contributed by atoms with E-state index in [0.717, 1.165) is 19.4 Å². The largest absolute Gasteiger partial charge is 0.462 e. The minimum absolute atomic E-state index is 0.161. The fourth-order valence-corrected chi connectivity index (χ4v) is 4.00. The molecule has 1 aliphatic rings. The third-order valence-corrected chi connectivity index (χ3v) is 5.37. The summed E-state index contributed by atoms with van der Waals surface area (Å²) in [6.45, 7) is 4.48. The fraction of sp³-hybridized carbons (Fsp3) is 0.429. The van der Waals surface area contributed by atoms with Crippen LogP contribution in [0.3, 0.4) is 0 Å². The van der Waals surface area contributed by atoms with Gasteiger partial charge in [-0.25, -0.2) is 4.79 Å². The average Bonchev–Trinajstić information content (AvgIpc) is 3.36. The van der Waals surface area contributed by atoms with Gasteiger partial charge in [0.05, 0.1) is 30.5 Å². The summed E-state index contributed by atoms with van der Waals surface area (Å²) in [6, 6.07) is 11.0. The maximum Gasteiger partial charge on any atom is 0.340 e. The highest BCUT2D eigenvalue weighted by Crippen LogP contribution is 2.19. The van der Waals surface area contributed by atoms with Gasteiger partial charge >= 0.3 is 5.97 Å². The van der Waals surface area contributed by atoms with Crippen molar-refractivity contribution in [1.82, 2.24) is 4.90 Å². The molecule has 1 aliphatic heterocycles. The van der Waals surface area contributed by atoms with Gasteiger partial charge in [0.25, 0.3) is 0 Å². The molecular weight excluding hydrogens is 376 g/mol. The summed E-state index contributed by atoms with van der Waals surface area (Å²) in [5, 5.41) is 4.90. The number of carbonyl (C=O) groups is 2. The summed E-state index contributed by atoms with van der Waals surface area (Å²) >= 11 is 1.68. The maximum absolute atomic E-state index is 12.7. The van der Waals surface area contributed by atoms with Crippen LogP contribution in [-0.2, 0) is 20.8 Å². The molecule has 0 unspecified atom stereocenters. The molecule has 1 N–H and O–H groups in total. The second-order valence-corrected chi connectivity index (χ2v) is 7.73. The lowest BCUT2D eigenvalue weighted by Gasteiger charge is -2.24. The van der Waals surface area contributed by atoms with Crippen LogP contribution in [0.5, 0.6) is 0 Å². The van der Waals surface area contributed by atoms with Crippen molar-refractivity contribution >= 4 is 28.9 Å². The van der Waals surface area contributed by atoms with E-state index < -0.39 is 5.97 Å². The summed E-state index contributed by atoms with van der Waals surface area (Å²) < 4.78 is 10.8. The zero-order chi connectivity index (χ0) is 19.8. The van der Waals surface area contributed by atoms with E-state index >= 15 is 0 Å². The lowest BCUT2D eigenvalue weighted by Crippen LogP contribution is -2.38. The van der Waals surface area contributed by atoms with E-state index in [4.69, 9.17) is 9.47 Å². The van der Waals surface area contributed by atoms with Crippen LogP contribution in [0, 0.1) is 0 Å². The third-order valence-electron chi connectivity index (χ3n) is 4.51. The van der Waals surface area contributed by atoms with Crippen LogP contribution in [-0.4, -0.2) is 49.2 Å². The highest BCUT2D eigenvalue weighted by atomic mass is 32.1. The second kappa shape index (κ2) is 10.4. The lowest BCUT2D eigenvalue weighted by molar-refractivity contribution is -0.117. The molecule has 1 fully saturated rings. The first-order valence-corrected chi connectivity index (χ1v) is 10.5. The number of hydrogen-bond donors (Lipinski definition) is 1. The molecule has 1 atom stereocenters. The van der Waals surface area contributed by atoms with Gasteiger partial charge in [0.1, 0.15) is 0 Å². The molecule has 0 spiro atoms. The fourth-order valence-electron chi connectivity index (χ4n) is 3.26. The number of amides is 1. The van der Waals surface area contributed by atoms with Crippen molar-refractivity contribution in [3.8, 4) is 0 Å². The average molecular weight is 403 g/mol. The standard InChI is InChI=1S/C21H26N2O4S/c1-2-26-21(25)18-9-3-4-10-19(18)22-20(24)15-23(13-16-7-5-11-27-16)14-17-8-6-12-28-17/h3-4,6,8-10,12,16H,2,5,7,11,13-15H2,1H3,(H,22,24)/t16-/m0/s1. The van der Waals surface area contributed by atoms with Crippen molar-refractivity contribution in [3.05, 3.63) is 52.2 Å². The quantitative estimate of drug-likeness (QED) is 0.650. The number of thiophene rings is 1. The molecule has 2 heterocycles. The van der Waals surface area contributed by atoms with Crippen LogP contribution in [0.4, 0.5) is 5.69 Å². The first-order chi connectivity index (χ1) is 13.7. The molecule has 1 aromatic carbocycles. The van der Waals surface area contributed by atoms with E-state index in [-0.39, 0.29) is 25.2 Å². The number of ether oxygens (including phenoxy) is 2. The second-order valence-electron chi connectivity index (χ2n) is 6.70. The van der Waals surface area contributed by atoms with Gasteiger partial charge in [0, 0.05) is 24.6 Å². The van der Waals surface area contributed by atoms with Crippen molar-refractivity contribution in [2.45, 2.75) is 32.4 Å². The predicted octanol–water partition coefficient (Wildman–Crippen LogP) is 3.54. The zero-order valence-corrected chi connectivity index (χ0v) is 16.9.